The second-order valence-electron chi connectivity index (χ2n) is 6.35. The molecule has 0 aromatic rings. The lowest BCUT2D eigenvalue weighted by molar-refractivity contribution is -0.889. The van der Waals surface area contributed by atoms with Gasteiger partial charge in [-0.2, -0.15) is 0 Å². The number of likely N-dealkylation sites (N-methyl/N-ethyl adjacent to an activating group) is 1. The zero-order valence-electron chi connectivity index (χ0n) is 12.9. The van der Waals surface area contributed by atoms with Gasteiger partial charge in [-0.3, -0.25) is 4.79 Å². The molecule has 0 bridgehead atoms. The highest BCUT2D eigenvalue weighted by molar-refractivity contribution is 5.81. The van der Waals surface area contributed by atoms with E-state index in [1.807, 2.05) is 34.9 Å². The Morgan fingerprint density at radius 2 is 1.79 bits per heavy atom. The van der Waals surface area contributed by atoms with Crippen LogP contribution in [0.1, 0.15) is 40.0 Å². The van der Waals surface area contributed by atoms with E-state index in [0.717, 1.165) is 19.5 Å². The highest BCUT2D eigenvalue weighted by Crippen LogP contribution is 2.19. The van der Waals surface area contributed by atoms with E-state index < -0.39 is 5.97 Å². The molecule has 0 saturated heterocycles. The number of carbonyl (C=O) groups is 2. The van der Waals surface area contributed by atoms with Gasteiger partial charge in [0.2, 0.25) is 5.91 Å². The Kier molecular flexibility index (Phi) is 7.05. The molecule has 1 N–H and O–H groups in total. The standard InChI is InChI=1S/C14H28N2O3/c1-6-14(2,3)13(19)15-9-11-16(4,5)10-7-8-12(17)18/h6-11H2,1-5H3,(H-,15,17,18,19). The molecule has 0 unspecified atom stereocenters. The molecule has 0 aliphatic carbocycles. The molecule has 0 rings (SSSR count). The third-order valence-electron chi connectivity index (χ3n) is 3.65. The Bertz CT molecular complexity index is 312. The summed E-state index contributed by atoms with van der Waals surface area (Å²) in [5.74, 6) is -0.928. The van der Waals surface area contributed by atoms with Gasteiger partial charge in [-0.25, -0.2) is 0 Å². The summed E-state index contributed by atoms with van der Waals surface area (Å²) in [6.45, 7) is 8.03. The van der Waals surface area contributed by atoms with Crippen LogP contribution in [0.4, 0.5) is 0 Å². The Balaban J connectivity index is 3.98. The quantitative estimate of drug-likeness (QED) is 0.607. The number of hydrogen-bond acceptors (Lipinski definition) is 3. The summed E-state index contributed by atoms with van der Waals surface area (Å²) < 4.78 is 0.695. The predicted molar refractivity (Wildman–Crippen MR) is 73.2 cm³/mol. The number of carboxylic acids is 1. The summed E-state index contributed by atoms with van der Waals surface area (Å²) >= 11 is 0. The molecule has 5 nitrogen and oxygen atoms in total. The van der Waals surface area contributed by atoms with Crippen molar-refractivity contribution >= 4 is 11.9 Å². The molecule has 5 heteroatoms. The lowest BCUT2D eigenvalue weighted by atomic mass is 9.89. The van der Waals surface area contributed by atoms with Crippen LogP contribution >= 0.6 is 0 Å². The molecule has 19 heavy (non-hydrogen) atoms. The summed E-state index contributed by atoms with van der Waals surface area (Å²) in [5, 5.41) is 13.3. The van der Waals surface area contributed by atoms with Crippen molar-refractivity contribution in [3.63, 3.8) is 0 Å². The average Bonchev–Trinajstić information content (AvgIpc) is 2.27. The zero-order chi connectivity index (χ0) is 15.1. The molecular formula is C14H28N2O3. The van der Waals surface area contributed by atoms with Gasteiger partial charge in [0.15, 0.2) is 0 Å². The molecule has 0 saturated carbocycles. The maximum Gasteiger partial charge on any atom is 0.225 e. The zero-order valence-corrected chi connectivity index (χ0v) is 12.9. The van der Waals surface area contributed by atoms with Gasteiger partial charge in [0.05, 0.1) is 33.7 Å². The SMILES string of the molecule is CCC(C)(C)C(=O)NCC[N+](C)(C)CCCC(=O)[O-]. The van der Waals surface area contributed by atoms with Crippen LogP contribution in [-0.4, -0.2) is 50.1 Å². The first-order chi connectivity index (χ1) is 8.60. The van der Waals surface area contributed by atoms with Crippen molar-refractivity contribution in [2.45, 2.75) is 40.0 Å². The molecule has 0 aliphatic heterocycles. The van der Waals surface area contributed by atoms with Crippen LogP contribution in [0.15, 0.2) is 0 Å². The number of amides is 1. The van der Waals surface area contributed by atoms with E-state index in [2.05, 4.69) is 5.32 Å². The summed E-state index contributed by atoms with van der Waals surface area (Å²) in [6, 6.07) is 0. The van der Waals surface area contributed by atoms with Gasteiger partial charge in [0, 0.05) is 17.8 Å². The van der Waals surface area contributed by atoms with E-state index in [9.17, 15) is 14.7 Å². The monoisotopic (exact) mass is 272 g/mol. The van der Waals surface area contributed by atoms with E-state index >= 15 is 0 Å². The Labute approximate surface area is 116 Å². The van der Waals surface area contributed by atoms with Crippen LogP contribution < -0.4 is 10.4 Å². The molecule has 0 radical (unpaired) electrons. The van der Waals surface area contributed by atoms with Gasteiger partial charge in [-0.1, -0.05) is 20.8 Å². The van der Waals surface area contributed by atoms with Gasteiger partial charge in [-0.05, 0) is 12.8 Å². The molecule has 0 aliphatic rings. The molecule has 1 amide bonds. The van der Waals surface area contributed by atoms with Crippen molar-refractivity contribution in [2.75, 3.05) is 33.7 Å². The normalized spacial score (nSPS) is 12.3. The maximum atomic E-state index is 11.9. The van der Waals surface area contributed by atoms with Gasteiger partial charge in [0.1, 0.15) is 0 Å². The van der Waals surface area contributed by atoms with Crippen LogP contribution in [0.5, 0.6) is 0 Å². The molecule has 0 fully saturated rings. The van der Waals surface area contributed by atoms with Crippen molar-refractivity contribution in [3.05, 3.63) is 0 Å². The number of rotatable bonds is 9. The van der Waals surface area contributed by atoms with Crippen molar-refractivity contribution < 1.29 is 19.2 Å². The smallest absolute Gasteiger partial charge is 0.225 e. The van der Waals surface area contributed by atoms with Gasteiger partial charge >= 0.3 is 0 Å². The average molecular weight is 272 g/mol. The molecule has 0 spiro atoms. The number of nitrogens with one attached hydrogen (secondary N) is 1. The molecule has 0 heterocycles. The Morgan fingerprint density at radius 1 is 1.21 bits per heavy atom. The summed E-state index contributed by atoms with van der Waals surface area (Å²) in [6.07, 6.45) is 1.50. The minimum atomic E-state index is -1.00. The number of carbonyl (C=O) groups excluding carboxylic acids is 2. The van der Waals surface area contributed by atoms with Crippen LogP contribution in [0.3, 0.4) is 0 Å². The van der Waals surface area contributed by atoms with E-state index in [1.54, 1.807) is 0 Å². The van der Waals surface area contributed by atoms with E-state index in [4.69, 9.17) is 0 Å². The van der Waals surface area contributed by atoms with Crippen molar-refractivity contribution in [1.82, 2.24) is 5.32 Å². The van der Waals surface area contributed by atoms with Crippen LogP contribution in [0.25, 0.3) is 0 Å². The molecule has 0 aromatic carbocycles. The van der Waals surface area contributed by atoms with Crippen LogP contribution in [0.2, 0.25) is 0 Å². The highest BCUT2D eigenvalue weighted by Gasteiger charge is 2.25. The summed E-state index contributed by atoms with van der Waals surface area (Å²) in [7, 11) is 4.07. The minimum Gasteiger partial charge on any atom is -0.550 e. The lowest BCUT2D eigenvalue weighted by Crippen LogP contribution is -2.48. The predicted octanol–water partition coefficient (Wildman–Crippen LogP) is 0.145. The topological polar surface area (TPSA) is 69.2 Å². The first-order valence-electron chi connectivity index (χ1n) is 6.91. The first kappa shape index (κ1) is 17.9. The third kappa shape index (κ3) is 7.82. The fourth-order valence-corrected chi connectivity index (χ4v) is 1.64. The highest BCUT2D eigenvalue weighted by atomic mass is 16.4. The molecule has 112 valence electrons. The summed E-state index contributed by atoms with van der Waals surface area (Å²) in [5.41, 5.74) is -0.327. The van der Waals surface area contributed by atoms with Gasteiger partial charge in [-0.15, -0.1) is 0 Å². The maximum absolute atomic E-state index is 11.9. The lowest BCUT2D eigenvalue weighted by Gasteiger charge is -2.30. The minimum absolute atomic E-state index is 0.0738. The van der Waals surface area contributed by atoms with Crippen molar-refractivity contribution in [3.8, 4) is 0 Å². The van der Waals surface area contributed by atoms with Gasteiger partial charge in [0.25, 0.3) is 0 Å². The van der Waals surface area contributed by atoms with E-state index in [0.29, 0.717) is 17.4 Å². The van der Waals surface area contributed by atoms with Crippen LogP contribution in [-0.2, 0) is 9.59 Å². The largest absolute Gasteiger partial charge is 0.550 e. The number of nitrogens with zero attached hydrogens (tertiary/aromatic N) is 1. The number of aliphatic carboxylic acids is 1. The Morgan fingerprint density at radius 3 is 2.26 bits per heavy atom. The van der Waals surface area contributed by atoms with Crippen molar-refractivity contribution in [1.29, 1.82) is 0 Å². The van der Waals surface area contributed by atoms with Gasteiger partial charge < -0.3 is 19.7 Å². The first-order valence-corrected chi connectivity index (χ1v) is 6.91. The number of hydrogen-bond donors (Lipinski definition) is 1. The van der Waals surface area contributed by atoms with E-state index in [1.165, 1.54) is 0 Å². The second kappa shape index (κ2) is 7.48. The van der Waals surface area contributed by atoms with Crippen LogP contribution in [0, 0.1) is 5.41 Å². The number of quaternary nitrogens is 1. The molecule has 0 atom stereocenters. The Hall–Kier alpha value is -1.10. The fraction of sp³-hybridized carbons (Fsp3) is 0.857. The second-order valence-corrected chi connectivity index (χ2v) is 6.35. The molecule has 0 aromatic heterocycles. The third-order valence-corrected chi connectivity index (χ3v) is 3.65. The van der Waals surface area contributed by atoms with E-state index in [-0.39, 0.29) is 17.7 Å². The number of carboxylic acid groups (broad SMARTS) is 1. The molecular weight excluding hydrogens is 244 g/mol. The van der Waals surface area contributed by atoms with Crippen molar-refractivity contribution in [2.24, 2.45) is 5.41 Å². The fourth-order valence-electron chi connectivity index (χ4n) is 1.64. The summed E-state index contributed by atoms with van der Waals surface area (Å²) in [4.78, 5) is 22.2.